The average Bonchev–Trinajstić information content (AvgIpc) is 3.28. The number of morpholine rings is 1. The monoisotopic (exact) mass is 507 g/mol. The number of hydrogen-bond acceptors (Lipinski definition) is 6. The lowest BCUT2D eigenvalue weighted by atomic mass is 9.92. The van der Waals surface area contributed by atoms with E-state index in [2.05, 4.69) is 18.7 Å². The highest BCUT2D eigenvalue weighted by atomic mass is 32.2. The summed E-state index contributed by atoms with van der Waals surface area (Å²) < 4.78 is 41.2. The van der Waals surface area contributed by atoms with E-state index >= 15 is 0 Å². The summed E-state index contributed by atoms with van der Waals surface area (Å²) in [7, 11) is -2.07. The Labute approximate surface area is 210 Å². The molecule has 3 aliphatic rings. The number of ether oxygens (including phenoxy) is 2. The maximum Gasteiger partial charge on any atom is 0.245 e. The molecule has 35 heavy (non-hydrogen) atoms. The van der Waals surface area contributed by atoms with Crippen LogP contribution in [-0.4, -0.2) is 86.7 Å². The molecule has 9 heteroatoms. The first-order chi connectivity index (χ1) is 16.4. The highest BCUT2D eigenvalue weighted by molar-refractivity contribution is 7.89. The van der Waals surface area contributed by atoms with Gasteiger partial charge in [0.15, 0.2) is 0 Å². The fourth-order valence-electron chi connectivity index (χ4n) is 5.87. The fourth-order valence-corrected chi connectivity index (χ4v) is 7.69. The zero-order valence-corrected chi connectivity index (χ0v) is 22.8. The van der Waals surface area contributed by atoms with Crippen molar-refractivity contribution < 1.29 is 22.7 Å². The Hall–Kier alpha value is -1.68. The molecule has 0 N–H and O–H groups in total. The molecule has 1 aromatic rings. The van der Waals surface area contributed by atoms with Crippen molar-refractivity contribution in [3.63, 3.8) is 0 Å². The largest absolute Gasteiger partial charge is 0.377 e. The first-order valence-electron chi connectivity index (χ1n) is 12.8. The molecule has 1 aromatic carbocycles. The summed E-state index contributed by atoms with van der Waals surface area (Å²) in [6.07, 6.45) is 2.72. The van der Waals surface area contributed by atoms with Crippen LogP contribution in [0.15, 0.2) is 23.1 Å². The van der Waals surface area contributed by atoms with E-state index in [-0.39, 0.29) is 34.5 Å². The molecule has 3 saturated heterocycles. The molecular weight excluding hydrogens is 466 g/mol. The number of carbonyl (C=O) groups excluding carboxylic acids is 1. The molecule has 0 unspecified atom stereocenters. The zero-order chi connectivity index (χ0) is 25.5. The Morgan fingerprint density at radius 3 is 2.49 bits per heavy atom. The van der Waals surface area contributed by atoms with Crippen LogP contribution in [0.2, 0.25) is 0 Å². The van der Waals surface area contributed by atoms with Gasteiger partial charge in [-0.2, -0.15) is 4.31 Å². The summed E-state index contributed by atoms with van der Waals surface area (Å²) in [5, 5.41) is 0. The molecule has 3 fully saturated rings. The van der Waals surface area contributed by atoms with Crippen LogP contribution in [0.3, 0.4) is 0 Å². The van der Waals surface area contributed by atoms with Gasteiger partial charge in [-0.3, -0.25) is 4.79 Å². The Balaban J connectivity index is 1.64. The third-order valence-electron chi connectivity index (χ3n) is 7.70. The molecule has 0 radical (unpaired) electrons. The fraction of sp³-hybridized carbons (Fsp3) is 0.731. The summed E-state index contributed by atoms with van der Waals surface area (Å²) in [4.78, 5) is 17.8. The zero-order valence-electron chi connectivity index (χ0n) is 22.0. The Morgan fingerprint density at radius 2 is 1.83 bits per heavy atom. The minimum atomic E-state index is -3.88. The second kappa shape index (κ2) is 10.00. The minimum absolute atomic E-state index is 0.0430. The molecule has 3 aliphatic heterocycles. The van der Waals surface area contributed by atoms with Crippen LogP contribution in [0, 0.1) is 6.92 Å². The summed E-state index contributed by atoms with van der Waals surface area (Å²) >= 11 is 0. The van der Waals surface area contributed by atoms with Crippen LogP contribution in [0.5, 0.6) is 0 Å². The molecule has 8 nitrogen and oxygen atoms in total. The van der Waals surface area contributed by atoms with Crippen molar-refractivity contribution in [3.05, 3.63) is 23.8 Å². The van der Waals surface area contributed by atoms with Crippen LogP contribution in [0.25, 0.3) is 0 Å². The Kier molecular flexibility index (Phi) is 7.53. The standard InChI is InChI=1S/C26H41N3O5S/c1-18-9-10-24(23(14-18)29-19(2)16-33-17-20(29)3)35(31,32)28-12-7-8-22(28)25(30)27(6)21-11-13-34-26(4,5)15-21/h9-10,14,19-22H,7-8,11-13,15-17H2,1-6H3/t19-,20-,21+,22-/m0/s1. The van der Waals surface area contributed by atoms with Crippen LogP contribution in [0.1, 0.15) is 58.9 Å². The van der Waals surface area contributed by atoms with Gasteiger partial charge < -0.3 is 19.3 Å². The molecule has 4 atom stereocenters. The van der Waals surface area contributed by atoms with E-state index in [0.717, 1.165) is 18.4 Å². The van der Waals surface area contributed by atoms with Crippen molar-refractivity contribution in [3.8, 4) is 0 Å². The number of rotatable bonds is 5. The number of amides is 1. The van der Waals surface area contributed by atoms with E-state index in [1.54, 1.807) is 11.0 Å². The van der Waals surface area contributed by atoms with Gasteiger partial charge in [0.1, 0.15) is 10.9 Å². The van der Waals surface area contributed by atoms with E-state index in [1.165, 1.54) is 4.31 Å². The lowest BCUT2D eigenvalue weighted by molar-refractivity contribution is -0.141. The van der Waals surface area contributed by atoms with E-state index in [0.29, 0.717) is 44.9 Å². The van der Waals surface area contributed by atoms with Crippen molar-refractivity contribution >= 4 is 21.6 Å². The molecule has 0 saturated carbocycles. The van der Waals surface area contributed by atoms with Gasteiger partial charge in [0.05, 0.1) is 24.5 Å². The summed E-state index contributed by atoms with van der Waals surface area (Å²) in [6, 6.07) is 4.97. The summed E-state index contributed by atoms with van der Waals surface area (Å²) in [6.45, 7) is 12.2. The number of likely N-dealkylation sites (N-methyl/N-ethyl adjacent to an activating group) is 1. The predicted octanol–water partition coefficient (Wildman–Crippen LogP) is 3.18. The third-order valence-corrected chi connectivity index (χ3v) is 9.66. The number of nitrogens with zero attached hydrogens (tertiary/aromatic N) is 3. The highest BCUT2D eigenvalue weighted by Crippen LogP contribution is 2.36. The maximum absolute atomic E-state index is 14.1. The highest BCUT2D eigenvalue weighted by Gasteiger charge is 2.44. The number of benzene rings is 1. The number of anilines is 1. The third kappa shape index (κ3) is 5.24. The van der Waals surface area contributed by atoms with Crippen LogP contribution >= 0.6 is 0 Å². The molecule has 1 amide bonds. The molecule has 0 aliphatic carbocycles. The van der Waals surface area contributed by atoms with Gasteiger partial charge in [0.25, 0.3) is 0 Å². The molecule has 196 valence electrons. The van der Waals surface area contributed by atoms with Gasteiger partial charge in [-0.1, -0.05) is 6.07 Å². The molecule has 4 rings (SSSR count). The predicted molar refractivity (Wildman–Crippen MR) is 136 cm³/mol. The van der Waals surface area contributed by atoms with E-state index in [1.807, 2.05) is 40.0 Å². The average molecular weight is 508 g/mol. The van der Waals surface area contributed by atoms with Crippen molar-refractivity contribution in [2.24, 2.45) is 0 Å². The van der Waals surface area contributed by atoms with Crippen molar-refractivity contribution in [1.82, 2.24) is 9.21 Å². The Morgan fingerprint density at radius 1 is 1.14 bits per heavy atom. The van der Waals surface area contributed by atoms with E-state index < -0.39 is 16.1 Å². The van der Waals surface area contributed by atoms with E-state index in [4.69, 9.17) is 9.47 Å². The second-order valence-corrected chi connectivity index (χ2v) is 13.0. The van der Waals surface area contributed by atoms with Crippen molar-refractivity contribution in [1.29, 1.82) is 0 Å². The number of sulfonamides is 1. The van der Waals surface area contributed by atoms with Crippen molar-refractivity contribution in [2.75, 3.05) is 38.3 Å². The lowest BCUT2D eigenvalue weighted by Crippen LogP contribution is -2.53. The van der Waals surface area contributed by atoms with Crippen LogP contribution < -0.4 is 4.90 Å². The van der Waals surface area contributed by atoms with E-state index in [9.17, 15) is 13.2 Å². The Bertz CT molecular complexity index is 1030. The smallest absolute Gasteiger partial charge is 0.245 e. The van der Waals surface area contributed by atoms with Gasteiger partial charge in [0, 0.05) is 38.3 Å². The molecule has 0 aromatic heterocycles. The second-order valence-electron chi connectivity index (χ2n) is 11.1. The minimum Gasteiger partial charge on any atom is -0.377 e. The molecule has 0 spiro atoms. The molecule has 0 bridgehead atoms. The lowest BCUT2D eigenvalue weighted by Gasteiger charge is -2.42. The molecule has 3 heterocycles. The SMILES string of the molecule is Cc1ccc(S(=O)(=O)N2CCC[C@H]2C(=O)N(C)[C@@H]2CCOC(C)(C)C2)c(N2[C@@H](C)COC[C@@H]2C)c1. The number of carbonyl (C=O) groups is 1. The van der Waals surface area contributed by atoms with Crippen LogP contribution in [-0.2, 0) is 24.3 Å². The quantitative estimate of drug-likeness (QED) is 0.609. The van der Waals surface area contributed by atoms with Gasteiger partial charge in [0.2, 0.25) is 15.9 Å². The van der Waals surface area contributed by atoms with Gasteiger partial charge >= 0.3 is 0 Å². The summed E-state index contributed by atoms with van der Waals surface area (Å²) in [5.41, 5.74) is 1.41. The van der Waals surface area contributed by atoms with Crippen LogP contribution in [0.4, 0.5) is 5.69 Å². The topological polar surface area (TPSA) is 79.4 Å². The maximum atomic E-state index is 14.1. The van der Waals surface area contributed by atoms with Crippen molar-refractivity contribution in [2.45, 2.75) is 95.0 Å². The van der Waals surface area contributed by atoms with Gasteiger partial charge in [-0.15, -0.1) is 0 Å². The number of aryl methyl sites for hydroxylation is 1. The first kappa shape index (κ1) is 26.4. The summed E-state index contributed by atoms with van der Waals surface area (Å²) in [5.74, 6) is -0.115. The van der Waals surface area contributed by atoms with Gasteiger partial charge in [-0.05, 0) is 78.0 Å². The first-order valence-corrected chi connectivity index (χ1v) is 14.3. The number of hydrogen-bond donors (Lipinski definition) is 0. The van der Waals surface area contributed by atoms with Gasteiger partial charge in [-0.25, -0.2) is 8.42 Å². The molecular formula is C26H41N3O5S. The normalized spacial score (nSPS) is 29.8.